The van der Waals surface area contributed by atoms with Crippen molar-refractivity contribution in [2.24, 2.45) is 0 Å². The van der Waals surface area contributed by atoms with Gasteiger partial charge in [0.05, 0.1) is 23.6 Å². The second kappa shape index (κ2) is 13.2. The quantitative estimate of drug-likeness (QED) is 0.103. The smallest absolute Gasteiger partial charge is 0.0728 e. The molecule has 1 saturated carbocycles. The van der Waals surface area contributed by atoms with Gasteiger partial charge >= 0.3 is 0 Å². The van der Waals surface area contributed by atoms with Gasteiger partial charge in [0.25, 0.3) is 0 Å². The van der Waals surface area contributed by atoms with Gasteiger partial charge in [0, 0.05) is 163 Å². The molecule has 6 aromatic rings. The van der Waals surface area contributed by atoms with Gasteiger partial charge in [0.2, 0.25) is 0 Å². The van der Waals surface area contributed by atoms with Gasteiger partial charge in [-0.05, 0) is 58.3 Å². The van der Waals surface area contributed by atoms with Crippen LogP contribution < -0.4 is 40.9 Å². The highest BCUT2D eigenvalue weighted by molar-refractivity contribution is 6.26. The fourth-order valence-corrected chi connectivity index (χ4v) is 9.29. The second-order valence-corrected chi connectivity index (χ2v) is 16.2. The molecule has 0 spiro atoms. The first-order valence-electron chi connectivity index (χ1n) is 18.5. The minimum absolute atomic E-state index is 0.575. The number of aliphatic hydroxyl groups is 2. The summed E-state index contributed by atoms with van der Waals surface area (Å²) in [5.41, 5.74) is 23.1. The summed E-state index contributed by atoms with van der Waals surface area (Å²) in [5, 5.41) is 33.4. The Morgan fingerprint density at radius 2 is 0.722 bits per heavy atom. The Bertz CT molecular complexity index is 2300. The number of nitrogen functional groups attached to an aromatic ring is 2. The van der Waals surface area contributed by atoms with Gasteiger partial charge in [-0.2, -0.15) is 0 Å². The normalized spacial score (nSPS) is 18.3. The zero-order chi connectivity index (χ0) is 39.2. The summed E-state index contributed by atoms with van der Waals surface area (Å²) in [6.07, 6.45) is -1.91. The van der Waals surface area contributed by atoms with Gasteiger partial charge in [-0.25, -0.2) is 0 Å². The van der Waals surface area contributed by atoms with E-state index in [4.69, 9.17) is 11.5 Å². The number of anilines is 8. The average molecular weight is 729 g/mol. The molecule has 10 nitrogen and oxygen atoms in total. The van der Waals surface area contributed by atoms with E-state index in [1.54, 1.807) is 0 Å². The molecular formula is C44H56N8O2. The van der Waals surface area contributed by atoms with E-state index in [9.17, 15) is 10.2 Å². The molecule has 0 aliphatic heterocycles. The molecule has 284 valence electrons. The Kier molecular flexibility index (Phi) is 9.06. The number of fused-ring (bicyclic) bond motifs is 4. The Morgan fingerprint density at radius 1 is 0.389 bits per heavy atom. The van der Waals surface area contributed by atoms with Crippen molar-refractivity contribution in [3.05, 3.63) is 71.8 Å². The van der Waals surface area contributed by atoms with Crippen molar-refractivity contribution in [1.29, 1.82) is 0 Å². The molecule has 1 aliphatic carbocycles. The summed E-state index contributed by atoms with van der Waals surface area (Å²) in [7, 11) is 24.6. The van der Waals surface area contributed by atoms with Gasteiger partial charge in [-0.15, -0.1) is 0 Å². The van der Waals surface area contributed by atoms with Gasteiger partial charge in [0.15, 0.2) is 0 Å². The van der Waals surface area contributed by atoms with Crippen LogP contribution >= 0.6 is 0 Å². The van der Waals surface area contributed by atoms with Crippen LogP contribution in [0.3, 0.4) is 0 Å². The monoisotopic (exact) mass is 728 g/mol. The highest BCUT2D eigenvalue weighted by Crippen LogP contribution is 2.59. The highest BCUT2D eigenvalue weighted by Gasteiger charge is 2.53. The molecule has 7 rings (SSSR count). The summed E-state index contributed by atoms with van der Waals surface area (Å²) in [5.74, 6) is -1.27. The molecule has 2 atom stereocenters. The van der Waals surface area contributed by atoms with E-state index < -0.39 is 24.0 Å². The number of benzene rings is 6. The van der Waals surface area contributed by atoms with Crippen molar-refractivity contribution in [2.75, 3.05) is 125 Å². The molecule has 1 aliphatic rings. The molecule has 1 fully saturated rings. The summed E-state index contributed by atoms with van der Waals surface area (Å²) in [4.78, 5) is 12.8. The van der Waals surface area contributed by atoms with E-state index in [0.717, 1.165) is 88.3 Å². The molecule has 6 N–H and O–H groups in total. The zero-order valence-electron chi connectivity index (χ0n) is 33.8. The molecule has 0 saturated heterocycles. The first kappa shape index (κ1) is 37.0. The Hall–Kier alpha value is -5.32. The van der Waals surface area contributed by atoms with E-state index in [2.05, 4.69) is 108 Å². The second-order valence-electron chi connectivity index (χ2n) is 16.2. The van der Waals surface area contributed by atoms with Gasteiger partial charge in [-0.1, -0.05) is 24.3 Å². The summed E-state index contributed by atoms with van der Waals surface area (Å²) >= 11 is 0. The number of nitrogens with two attached hydrogens (primary N) is 2. The first-order valence-corrected chi connectivity index (χ1v) is 18.5. The van der Waals surface area contributed by atoms with Gasteiger partial charge in [-0.3, -0.25) is 0 Å². The van der Waals surface area contributed by atoms with Crippen LogP contribution in [0.1, 0.15) is 23.0 Å². The fourth-order valence-electron chi connectivity index (χ4n) is 9.29. The largest absolute Gasteiger partial charge is 0.398 e. The topological polar surface area (TPSA) is 112 Å². The molecule has 10 heteroatoms. The lowest BCUT2D eigenvalue weighted by Gasteiger charge is -2.49. The molecular weight excluding hydrogens is 673 g/mol. The average Bonchev–Trinajstić information content (AvgIpc) is 3.10. The van der Waals surface area contributed by atoms with Crippen molar-refractivity contribution < 1.29 is 10.2 Å². The fraction of sp³-hybridized carbons (Fsp3) is 0.364. The Balaban J connectivity index is 1.61. The van der Waals surface area contributed by atoms with Crippen LogP contribution in [0, 0.1) is 0 Å². The lowest BCUT2D eigenvalue weighted by atomic mass is 9.60. The molecule has 0 heterocycles. The van der Waals surface area contributed by atoms with E-state index in [1.807, 2.05) is 66.6 Å². The number of rotatable bonds is 8. The zero-order valence-corrected chi connectivity index (χ0v) is 33.8. The van der Waals surface area contributed by atoms with Crippen LogP contribution in [0.4, 0.5) is 45.5 Å². The van der Waals surface area contributed by atoms with Crippen molar-refractivity contribution in [3.8, 4) is 0 Å². The lowest BCUT2D eigenvalue weighted by Crippen LogP contribution is -2.52. The van der Waals surface area contributed by atoms with Crippen molar-refractivity contribution in [2.45, 2.75) is 24.0 Å². The lowest BCUT2D eigenvalue weighted by molar-refractivity contribution is -0.0765. The number of hydrogen-bond donors (Lipinski definition) is 4. The van der Waals surface area contributed by atoms with Gasteiger partial charge in [0.1, 0.15) is 0 Å². The maximum Gasteiger partial charge on any atom is 0.0728 e. The van der Waals surface area contributed by atoms with Crippen LogP contribution in [0.5, 0.6) is 0 Å². The first-order chi connectivity index (χ1) is 25.5. The minimum atomic E-state index is -0.955. The Morgan fingerprint density at radius 3 is 1.07 bits per heavy atom. The van der Waals surface area contributed by atoms with Crippen LogP contribution in [-0.2, 0) is 0 Å². The maximum atomic E-state index is 12.8. The van der Waals surface area contributed by atoms with Crippen LogP contribution in [0.25, 0.3) is 43.1 Å². The van der Waals surface area contributed by atoms with Crippen LogP contribution in [0.15, 0.2) is 60.7 Å². The van der Waals surface area contributed by atoms with Crippen molar-refractivity contribution >= 4 is 88.6 Å². The predicted octanol–water partition coefficient (Wildman–Crippen LogP) is 6.46. The van der Waals surface area contributed by atoms with E-state index in [-0.39, 0.29) is 0 Å². The molecule has 0 amide bonds. The van der Waals surface area contributed by atoms with E-state index in [0.29, 0.717) is 11.4 Å². The third-order valence-corrected chi connectivity index (χ3v) is 11.5. The summed E-state index contributed by atoms with van der Waals surface area (Å²) in [6, 6.07) is 20.7. The summed E-state index contributed by atoms with van der Waals surface area (Å²) in [6.45, 7) is 0. The minimum Gasteiger partial charge on any atom is -0.398 e. The third-order valence-electron chi connectivity index (χ3n) is 11.5. The van der Waals surface area contributed by atoms with Crippen molar-refractivity contribution in [1.82, 2.24) is 0 Å². The predicted molar refractivity (Wildman–Crippen MR) is 235 cm³/mol. The molecule has 0 radical (unpaired) electrons. The molecule has 2 unspecified atom stereocenters. The molecule has 0 bridgehead atoms. The van der Waals surface area contributed by atoms with Gasteiger partial charge < -0.3 is 51.1 Å². The number of aliphatic hydroxyl groups excluding tert-OH is 2. The number of nitrogens with zero attached hydrogens (tertiary/aromatic N) is 6. The third kappa shape index (κ3) is 5.21. The molecule has 0 aromatic heterocycles. The molecule has 54 heavy (non-hydrogen) atoms. The standard InChI is InChI=1S/C44H56N8O2/c1-47(2)27-17-13-15-23-31(24-16-14-18-28(48(3)4)33(24)41(32(23)27)51(9)10)39-43(53)40(44(39)54)38-34-25(45)19-21-29(49(5)6)36(34)42(52(11)12)37-30(50(7)8)22-20-26(46)35(37)38/h13-22,39-40,43-44,53-54H,45-46H2,1-12H3. The molecule has 6 aromatic carbocycles. The summed E-state index contributed by atoms with van der Waals surface area (Å²) < 4.78 is 0. The van der Waals surface area contributed by atoms with E-state index >= 15 is 0 Å². The highest BCUT2D eigenvalue weighted by atomic mass is 16.3. The number of hydrogen-bond acceptors (Lipinski definition) is 10. The van der Waals surface area contributed by atoms with Crippen molar-refractivity contribution in [3.63, 3.8) is 0 Å². The maximum absolute atomic E-state index is 12.8. The van der Waals surface area contributed by atoms with Crippen LogP contribution in [0.2, 0.25) is 0 Å². The SMILES string of the molecule is CN(C)c1cccc2c(C3C(O)C(c4c5c(N)ccc(N(C)C)c5c(N(C)C)c5c(N(C)C)ccc(N)c45)C3O)c3cccc(N(C)C)c3c(N(C)C)c12. The van der Waals surface area contributed by atoms with Crippen LogP contribution in [-0.4, -0.2) is 107 Å². The van der Waals surface area contributed by atoms with E-state index in [1.165, 1.54) is 0 Å². The Labute approximate surface area is 319 Å².